The summed E-state index contributed by atoms with van der Waals surface area (Å²) in [4.78, 5) is 42.0. The summed E-state index contributed by atoms with van der Waals surface area (Å²) in [5.74, 6) is -3.30. The first kappa shape index (κ1) is 35.6. The number of rotatable bonds is 13. The van der Waals surface area contributed by atoms with Crippen LogP contribution in [0.3, 0.4) is 0 Å². The SMILES string of the molecule is O=C(O)[C@H](O)[C@H](O)C(=O)N1C[C@H]2CC(c3ccc(CCCOc4cc(F)ccc4Br)cc3)=C(C(=O)N(Cc3ccccc3F)C3CC3)[C@@H](C1)N2. The van der Waals surface area contributed by atoms with Crippen LogP contribution in [-0.2, 0) is 27.3 Å². The lowest BCUT2D eigenvalue weighted by molar-refractivity contribution is -0.163. The first-order valence-corrected chi connectivity index (χ1v) is 17.4. The Morgan fingerprint density at radius 1 is 1.00 bits per heavy atom. The molecule has 4 N–H and O–H groups in total. The Labute approximate surface area is 296 Å². The second kappa shape index (κ2) is 15.4. The van der Waals surface area contributed by atoms with Gasteiger partial charge >= 0.3 is 5.97 Å². The van der Waals surface area contributed by atoms with Crippen molar-refractivity contribution in [2.24, 2.45) is 0 Å². The Morgan fingerprint density at radius 2 is 1.74 bits per heavy atom. The van der Waals surface area contributed by atoms with Gasteiger partial charge in [0, 0.05) is 48.9 Å². The van der Waals surface area contributed by atoms with Gasteiger partial charge in [-0.1, -0.05) is 42.5 Å². The van der Waals surface area contributed by atoms with Crippen molar-refractivity contribution < 1.29 is 43.2 Å². The number of aliphatic carboxylic acids is 1. The molecule has 264 valence electrons. The fourth-order valence-electron chi connectivity index (χ4n) is 6.64. The molecular weight excluding hydrogens is 716 g/mol. The van der Waals surface area contributed by atoms with Crippen LogP contribution in [0, 0.1) is 11.6 Å². The van der Waals surface area contributed by atoms with Crippen LogP contribution in [0.1, 0.15) is 42.4 Å². The molecule has 0 radical (unpaired) electrons. The van der Waals surface area contributed by atoms with Gasteiger partial charge in [0.2, 0.25) is 0 Å². The van der Waals surface area contributed by atoms with Crippen molar-refractivity contribution in [3.8, 4) is 5.75 Å². The molecular formula is C37H38BrF2N3O7. The van der Waals surface area contributed by atoms with Crippen LogP contribution in [0.25, 0.3) is 5.57 Å². The zero-order chi connectivity index (χ0) is 35.5. The van der Waals surface area contributed by atoms with Gasteiger partial charge in [-0.3, -0.25) is 9.59 Å². The number of carbonyl (C=O) groups excluding carboxylic acids is 2. The van der Waals surface area contributed by atoms with Crippen molar-refractivity contribution in [3.63, 3.8) is 0 Å². The molecule has 2 bridgehead atoms. The Morgan fingerprint density at radius 3 is 2.44 bits per heavy atom. The number of aliphatic hydroxyl groups excluding tert-OH is 2. The molecule has 0 spiro atoms. The summed E-state index contributed by atoms with van der Waals surface area (Å²) in [5, 5.41) is 32.8. The number of aryl methyl sites for hydroxylation is 1. The molecule has 13 heteroatoms. The number of carboxylic acid groups (broad SMARTS) is 1. The highest BCUT2D eigenvalue weighted by atomic mass is 79.9. The zero-order valence-corrected chi connectivity index (χ0v) is 28.7. The molecule has 10 nitrogen and oxygen atoms in total. The van der Waals surface area contributed by atoms with Gasteiger partial charge in [0.05, 0.1) is 17.1 Å². The molecule has 2 amide bonds. The molecule has 6 rings (SSSR count). The maximum Gasteiger partial charge on any atom is 0.335 e. The number of fused-ring (bicyclic) bond motifs is 2. The monoisotopic (exact) mass is 753 g/mol. The van der Waals surface area contributed by atoms with Gasteiger partial charge < -0.3 is 35.2 Å². The Balaban J connectivity index is 1.25. The number of hydrogen-bond acceptors (Lipinski definition) is 7. The minimum absolute atomic E-state index is 0.0407. The van der Waals surface area contributed by atoms with Gasteiger partial charge in [0.25, 0.3) is 11.8 Å². The van der Waals surface area contributed by atoms with Crippen molar-refractivity contribution in [1.29, 1.82) is 0 Å². The average Bonchev–Trinajstić information content (AvgIpc) is 3.95. The van der Waals surface area contributed by atoms with E-state index >= 15 is 0 Å². The fourth-order valence-corrected chi connectivity index (χ4v) is 7.00. The number of aliphatic hydroxyl groups is 2. The molecule has 50 heavy (non-hydrogen) atoms. The molecule has 0 unspecified atom stereocenters. The number of benzene rings is 3. The molecule has 1 saturated carbocycles. The number of piperazine rings is 1. The van der Waals surface area contributed by atoms with Gasteiger partial charge in [-0.05, 0) is 82.9 Å². The fraction of sp³-hybridized carbons (Fsp3) is 0.378. The van der Waals surface area contributed by atoms with Crippen LogP contribution in [0.2, 0.25) is 0 Å². The van der Waals surface area contributed by atoms with Crippen LogP contribution in [0.15, 0.2) is 76.8 Å². The third-order valence-electron chi connectivity index (χ3n) is 9.36. The summed E-state index contributed by atoms with van der Waals surface area (Å²) in [6.07, 6.45) is -1.15. The molecule has 3 aromatic carbocycles. The lowest BCUT2D eigenvalue weighted by Gasteiger charge is -2.45. The minimum atomic E-state index is -2.29. The van der Waals surface area contributed by atoms with Crippen molar-refractivity contribution in [3.05, 3.63) is 105 Å². The Hall–Kier alpha value is -4.17. The van der Waals surface area contributed by atoms with Crippen LogP contribution >= 0.6 is 15.9 Å². The van der Waals surface area contributed by atoms with E-state index in [4.69, 9.17) is 9.84 Å². The van der Waals surface area contributed by atoms with Gasteiger partial charge in [-0.2, -0.15) is 0 Å². The predicted molar refractivity (Wildman–Crippen MR) is 183 cm³/mol. The number of carbonyl (C=O) groups is 3. The molecule has 4 atom stereocenters. The topological polar surface area (TPSA) is 140 Å². The smallest absolute Gasteiger partial charge is 0.335 e. The summed E-state index contributed by atoms with van der Waals surface area (Å²) in [5.41, 5.74) is 3.49. The van der Waals surface area contributed by atoms with E-state index in [0.29, 0.717) is 47.2 Å². The summed E-state index contributed by atoms with van der Waals surface area (Å²) in [6.45, 7) is 0.545. The molecule has 3 aromatic rings. The summed E-state index contributed by atoms with van der Waals surface area (Å²) >= 11 is 3.37. The number of nitrogens with one attached hydrogen (secondary N) is 1. The van der Waals surface area contributed by atoms with E-state index in [1.807, 2.05) is 24.3 Å². The number of hydrogen-bond donors (Lipinski definition) is 4. The van der Waals surface area contributed by atoms with Crippen LogP contribution in [0.4, 0.5) is 8.78 Å². The minimum Gasteiger partial charge on any atom is -0.492 e. The number of carboxylic acids is 1. The summed E-state index contributed by atoms with van der Waals surface area (Å²) in [6, 6.07) is 17.4. The number of nitrogens with zero attached hydrogens (tertiary/aromatic N) is 2. The third kappa shape index (κ3) is 8.07. The predicted octanol–water partition coefficient (Wildman–Crippen LogP) is 4.06. The lowest BCUT2D eigenvalue weighted by atomic mass is 9.82. The van der Waals surface area contributed by atoms with E-state index in [-0.39, 0.29) is 43.4 Å². The van der Waals surface area contributed by atoms with Crippen LogP contribution in [0.5, 0.6) is 5.75 Å². The number of amides is 2. The standard InChI is InChI=1S/C37H38BrF2N3O7/c38-28-14-11-24(39)16-31(28)50-15-3-4-21-7-9-22(10-8-21)27-17-25-19-42(36(47)33(44)34(45)37(48)49)20-30(41-25)32(27)35(46)43(26-12-13-26)18-23-5-1-2-6-29(23)40/h1-2,5-11,14,16,25-26,30,33-34,41,44-45H,3-4,12-13,15,17-20H2,(H,48,49)/t25-,30-,33+,34-/m1/s1. The summed E-state index contributed by atoms with van der Waals surface area (Å²) < 4.78 is 34.8. The maximum atomic E-state index is 14.8. The number of halogens is 3. The summed E-state index contributed by atoms with van der Waals surface area (Å²) in [7, 11) is 0. The second-order valence-corrected chi connectivity index (χ2v) is 13.8. The molecule has 2 heterocycles. The molecule has 3 aliphatic rings. The van der Waals surface area contributed by atoms with E-state index in [1.165, 1.54) is 23.1 Å². The van der Waals surface area contributed by atoms with E-state index in [1.54, 1.807) is 29.2 Å². The van der Waals surface area contributed by atoms with Crippen molar-refractivity contribution in [1.82, 2.24) is 15.1 Å². The molecule has 1 saturated heterocycles. The van der Waals surface area contributed by atoms with Gasteiger partial charge in [0.15, 0.2) is 12.2 Å². The van der Waals surface area contributed by atoms with Crippen molar-refractivity contribution >= 4 is 39.3 Å². The normalized spacial score (nSPS) is 19.9. The van der Waals surface area contributed by atoms with Gasteiger partial charge in [0.1, 0.15) is 17.4 Å². The number of ether oxygens (including phenoxy) is 1. The maximum absolute atomic E-state index is 14.8. The first-order chi connectivity index (χ1) is 24.0. The lowest BCUT2D eigenvalue weighted by Crippen LogP contribution is -2.64. The highest BCUT2D eigenvalue weighted by molar-refractivity contribution is 9.10. The quantitative estimate of drug-likeness (QED) is 0.192. The van der Waals surface area contributed by atoms with Crippen LogP contribution in [-0.4, -0.2) is 92.9 Å². The Kier molecular flexibility index (Phi) is 11.0. The van der Waals surface area contributed by atoms with Crippen molar-refractivity contribution in [2.45, 2.75) is 69.0 Å². The second-order valence-electron chi connectivity index (χ2n) is 13.0. The third-order valence-corrected chi connectivity index (χ3v) is 10.0. The van der Waals surface area contributed by atoms with Gasteiger partial charge in [-0.25, -0.2) is 13.6 Å². The highest BCUT2D eigenvalue weighted by Gasteiger charge is 2.45. The van der Waals surface area contributed by atoms with E-state index < -0.39 is 35.9 Å². The Bertz CT molecular complexity index is 1780. The van der Waals surface area contributed by atoms with Gasteiger partial charge in [-0.15, -0.1) is 0 Å². The molecule has 1 aliphatic carbocycles. The molecule has 2 aliphatic heterocycles. The van der Waals surface area contributed by atoms with E-state index in [2.05, 4.69) is 21.2 Å². The van der Waals surface area contributed by atoms with Crippen molar-refractivity contribution in [2.75, 3.05) is 19.7 Å². The first-order valence-electron chi connectivity index (χ1n) is 16.6. The van der Waals surface area contributed by atoms with E-state index in [9.17, 15) is 33.4 Å². The largest absolute Gasteiger partial charge is 0.492 e. The average molecular weight is 755 g/mol. The zero-order valence-electron chi connectivity index (χ0n) is 27.1. The highest BCUT2D eigenvalue weighted by Crippen LogP contribution is 2.38. The van der Waals surface area contributed by atoms with Crippen LogP contribution < -0.4 is 10.1 Å². The van der Waals surface area contributed by atoms with E-state index in [0.717, 1.165) is 29.5 Å². The molecule has 0 aromatic heterocycles. The molecule has 2 fully saturated rings.